The highest BCUT2D eigenvalue weighted by Gasteiger charge is 2.33. The van der Waals surface area contributed by atoms with Crippen LogP contribution in [0.15, 0.2) is 69.9 Å². The third-order valence-electron chi connectivity index (χ3n) is 6.67. The van der Waals surface area contributed by atoms with Gasteiger partial charge in [0.05, 0.1) is 20.3 Å². The molecule has 1 aromatic heterocycles. The predicted octanol–water partition coefficient (Wildman–Crippen LogP) is 5.08. The number of nitrogens with zero attached hydrogens (tertiary/aromatic N) is 1. The number of hydrogen-bond acceptors (Lipinski definition) is 6. The second kappa shape index (κ2) is 9.97. The van der Waals surface area contributed by atoms with Gasteiger partial charge in [-0.2, -0.15) is 0 Å². The highest BCUT2D eigenvalue weighted by atomic mass is 19.1. The predicted molar refractivity (Wildman–Crippen MR) is 136 cm³/mol. The lowest BCUT2D eigenvalue weighted by Gasteiger charge is -2.37. The fraction of sp³-hybridized carbons (Fsp3) is 0.241. The SMILES string of the molecule is COc1cc2c(cc1OC)[C@H](COc1ccc3c(C)cc(=O)oc3c1)N(C(=O)c1cccc(F)c1)CC2. The first-order valence-corrected chi connectivity index (χ1v) is 11.9. The normalized spacial score (nSPS) is 14.8. The number of ether oxygens (including phenoxy) is 3. The van der Waals surface area contributed by atoms with Crippen LogP contribution in [0.25, 0.3) is 11.0 Å². The number of hydrogen-bond donors (Lipinski definition) is 0. The van der Waals surface area contributed by atoms with Crippen LogP contribution in [0.5, 0.6) is 17.2 Å². The Hall–Kier alpha value is -4.33. The van der Waals surface area contributed by atoms with Crippen LogP contribution >= 0.6 is 0 Å². The maximum Gasteiger partial charge on any atom is 0.336 e. The third-order valence-corrected chi connectivity index (χ3v) is 6.67. The molecule has 1 atom stereocenters. The van der Waals surface area contributed by atoms with Crippen molar-refractivity contribution in [2.24, 2.45) is 0 Å². The Morgan fingerprint density at radius 2 is 1.84 bits per heavy atom. The Labute approximate surface area is 213 Å². The minimum Gasteiger partial charge on any atom is -0.493 e. The van der Waals surface area contributed by atoms with Crippen molar-refractivity contribution in [3.8, 4) is 17.2 Å². The van der Waals surface area contributed by atoms with Gasteiger partial charge in [0.25, 0.3) is 5.91 Å². The van der Waals surface area contributed by atoms with Crippen molar-refractivity contribution in [3.63, 3.8) is 0 Å². The zero-order valence-electron chi connectivity index (χ0n) is 20.7. The van der Waals surface area contributed by atoms with E-state index in [0.717, 1.165) is 22.1 Å². The lowest BCUT2D eigenvalue weighted by molar-refractivity contribution is 0.0589. The first-order valence-electron chi connectivity index (χ1n) is 11.9. The molecule has 0 bridgehead atoms. The van der Waals surface area contributed by atoms with Crippen LogP contribution in [0.4, 0.5) is 4.39 Å². The van der Waals surface area contributed by atoms with E-state index < -0.39 is 17.5 Å². The molecule has 0 N–H and O–H groups in total. The molecule has 1 amide bonds. The van der Waals surface area contributed by atoms with E-state index in [9.17, 15) is 14.0 Å². The first-order chi connectivity index (χ1) is 17.9. The Morgan fingerprint density at radius 3 is 2.59 bits per heavy atom. The molecule has 2 heterocycles. The van der Waals surface area contributed by atoms with Crippen molar-refractivity contribution >= 4 is 16.9 Å². The number of benzene rings is 3. The van der Waals surface area contributed by atoms with Gasteiger partial charge in [-0.25, -0.2) is 9.18 Å². The summed E-state index contributed by atoms with van der Waals surface area (Å²) in [4.78, 5) is 27.0. The molecule has 5 rings (SSSR count). The smallest absolute Gasteiger partial charge is 0.336 e. The van der Waals surface area contributed by atoms with Gasteiger partial charge >= 0.3 is 5.63 Å². The van der Waals surface area contributed by atoms with Crippen LogP contribution in [-0.2, 0) is 6.42 Å². The average Bonchev–Trinajstić information content (AvgIpc) is 2.90. The standard InChI is InChI=1S/C29H26FNO6/c1-17-11-28(32)37-25-14-21(7-8-22(17)25)36-16-24-23-15-27(35-3)26(34-2)13-18(23)9-10-31(24)29(33)19-5-4-6-20(30)12-19/h4-8,11-15,24H,9-10,16H2,1-3H3/t24-/m0/s1. The number of halogens is 1. The molecule has 0 spiro atoms. The van der Waals surface area contributed by atoms with Gasteiger partial charge in [0, 0.05) is 29.6 Å². The molecule has 3 aromatic carbocycles. The lowest BCUT2D eigenvalue weighted by atomic mass is 9.91. The largest absolute Gasteiger partial charge is 0.493 e. The molecule has 0 aliphatic carbocycles. The van der Waals surface area contributed by atoms with Crippen LogP contribution in [0, 0.1) is 12.7 Å². The summed E-state index contributed by atoms with van der Waals surface area (Å²) in [6, 6.07) is 15.7. The number of amides is 1. The van der Waals surface area contributed by atoms with E-state index in [4.69, 9.17) is 18.6 Å². The quantitative estimate of drug-likeness (QED) is 0.342. The maximum absolute atomic E-state index is 13.9. The fourth-order valence-corrected chi connectivity index (χ4v) is 4.81. The molecule has 0 radical (unpaired) electrons. The second-order valence-corrected chi connectivity index (χ2v) is 8.90. The van der Waals surface area contributed by atoms with Gasteiger partial charge in [-0.3, -0.25) is 4.79 Å². The molecule has 37 heavy (non-hydrogen) atoms. The molecule has 0 saturated heterocycles. The Kier molecular flexibility index (Phi) is 6.56. The average molecular weight is 504 g/mol. The second-order valence-electron chi connectivity index (χ2n) is 8.90. The maximum atomic E-state index is 13.9. The van der Waals surface area contributed by atoms with Gasteiger partial charge in [-0.1, -0.05) is 6.07 Å². The van der Waals surface area contributed by atoms with E-state index >= 15 is 0 Å². The summed E-state index contributed by atoms with van der Waals surface area (Å²) in [6.45, 7) is 2.37. The number of fused-ring (bicyclic) bond motifs is 2. The van der Waals surface area contributed by atoms with E-state index in [1.807, 2.05) is 25.1 Å². The monoisotopic (exact) mass is 503 g/mol. The molecule has 8 heteroatoms. The fourth-order valence-electron chi connectivity index (χ4n) is 4.81. The van der Waals surface area contributed by atoms with Crippen LogP contribution in [0.1, 0.15) is 33.1 Å². The third kappa shape index (κ3) is 4.74. The lowest BCUT2D eigenvalue weighted by Crippen LogP contribution is -2.42. The number of carbonyl (C=O) groups is 1. The summed E-state index contributed by atoms with van der Waals surface area (Å²) < 4.78 is 36.4. The number of rotatable bonds is 6. The molecule has 0 fully saturated rings. The van der Waals surface area contributed by atoms with Crippen molar-refractivity contribution in [3.05, 3.63) is 99.2 Å². The Bertz CT molecular complexity index is 1550. The Morgan fingerprint density at radius 1 is 1.05 bits per heavy atom. The zero-order chi connectivity index (χ0) is 26.1. The topological polar surface area (TPSA) is 78.2 Å². The minimum absolute atomic E-state index is 0.116. The summed E-state index contributed by atoms with van der Waals surface area (Å²) in [6.07, 6.45) is 0.591. The first kappa shape index (κ1) is 24.4. The minimum atomic E-state index is -0.487. The van der Waals surface area contributed by atoms with Crippen LogP contribution < -0.4 is 19.8 Å². The van der Waals surface area contributed by atoms with E-state index in [0.29, 0.717) is 35.8 Å². The van der Waals surface area contributed by atoms with Crippen molar-refractivity contribution in [1.29, 1.82) is 0 Å². The summed E-state index contributed by atoms with van der Waals surface area (Å²) in [7, 11) is 3.13. The number of carbonyl (C=O) groups excluding carboxylic acids is 1. The zero-order valence-corrected chi connectivity index (χ0v) is 20.7. The highest BCUT2D eigenvalue weighted by Crippen LogP contribution is 2.39. The van der Waals surface area contributed by atoms with Gasteiger partial charge < -0.3 is 23.5 Å². The summed E-state index contributed by atoms with van der Waals surface area (Å²) in [5, 5.41) is 0.815. The van der Waals surface area contributed by atoms with Gasteiger partial charge in [-0.15, -0.1) is 0 Å². The molecule has 7 nitrogen and oxygen atoms in total. The van der Waals surface area contributed by atoms with Crippen molar-refractivity contribution in [2.45, 2.75) is 19.4 Å². The van der Waals surface area contributed by atoms with Crippen LogP contribution in [-0.4, -0.2) is 38.2 Å². The molecule has 1 aliphatic rings. The van der Waals surface area contributed by atoms with Crippen molar-refractivity contribution in [2.75, 3.05) is 27.4 Å². The van der Waals surface area contributed by atoms with Crippen LogP contribution in [0.2, 0.25) is 0 Å². The highest BCUT2D eigenvalue weighted by molar-refractivity contribution is 5.94. The van der Waals surface area contributed by atoms with Gasteiger partial charge in [0.15, 0.2) is 11.5 Å². The molecule has 0 saturated carbocycles. The molecule has 190 valence electrons. The van der Waals surface area contributed by atoms with Crippen molar-refractivity contribution in [1.82, 2.24) is 4.90 Å². The van der Waals surface area contributed by atoms with E-state index in [2.05, 4.69) is 0 Å². The summed E-state index contributed by atoms with van der Waals surface area (Å²) in [5.41, 5.74) is 2.93. The van der Waals surface area contributed by atoms with E-state index in [1.165, 1.54) is 24.3 Å². The van der Waals surface area contributed by atoms with Crippen molar-refractivity contribution < 1.29 is 27.8 Å². The molecular weight excluding hydrogens is 477 g/mol. The van der Waals surface area contributed by atoms with Gasteiger partial charge in [0.2, 0.25) is 0 Å². The van der Waals surface area contributed by atoms with Gasteiger partial charge in [-0.05, 0) is 72.5 Å². The summed E-state index contributed by atoms with van der Waals surface area (Å²) >= 11 is 0. The molecule has 4 aromatic rings. The number of aryl methyl sites for hydroxylation is 1. The van der Waals surface area contributed by atoms with Gasteiger partial charge in [0.1, 0.15) is 23.8 Å². The van der Waals surface area contributed by atoms with Crippen LogP contribution in [0.3, 0.4) is 0 Å². The van der Waals surface area contributed by atoms with E-state index in [-0.39, 0.29) is 18.1 Å². The Balaban J connectivity index is 1.52. The number of methoxy groups -OCH3 is 2. The molecule has 0 unspecified atom stereocenters. The molecular formula is C29H26FNO6. The van der Waals surface area contributed by atoms with E-state index in [1.54, 1.807) is 37.3 Å². The molecule has 1 aliphatic heterocycles. The summed E-state index contributed by atoms with van der Waals surface area (Å²) in [5.74, 6) is 0.858.